The van der Waals surface area contributed by atoms with Gasteiger partial charge in [0.1, 0.15) is 0 Å². The lowest BCUT2D eigenvalue weighted by molar-refractivity contribution is -0.143. The van der Waals surface area contributed by atoms with Crippen molar-refractivity contribution in [2.24, 2.45) is 5.41 Å². The number of amides is 2. The van der Waals surface area contributed by atoms with E-state index in [1.165, 1.54) is 0 Å². The minimum absolute atomic E-state index is 0.164. The van der Waals surface area contributed by atoms with Gasteiger partial charge in [-0.2, -0.15) is 0 Å². The summed E-state index contributed by atoms with van der Waals surface area (Å²) in [5.41, 5.74) is 0.671. The van der Waals surface area contributed by atoms with Crippen molar-refractivity contribution in [2.75, 3.05) is 13.2 Å². The van der Waals surface area contributed by atoms with E-state index in [2.05, 4.69) is 21.2 Å². The van der Waals surface area contributed by atoms with Crippen LogP contribution in [0.3, 0.4) is 0 Å². The zero-order chi connectivity index (χ0) is 14.2. The highest BCUT2D eigenvalue weighted by atomic mass is 79.9. The zero-order valence-electron chi connectivity index (χ0n) is 11.0. The Kier molecular flexibility index (Phi) is 3.65. The Hall–Kier alpha value is -1.20. The van der Waals surface area contributed by atoms with Gasteiger partial charge in [-0.25, -0.2) is 0 Å². The summed E-state index contributed by atoms with van der Waals surface area (Å²) in [5, 5.41) is 2.48. The third-order valence-corrected chi connectivity index (χ3v) is 4.81. The molecule has 0 radical (unpaired) electrons. The van der Waals surface area contributed by atoms with Gasteiger partial charge in [-0.05, 0) is 36.0 Å². The minimum atomic E-state index is -0.293. The molecule has 4 nitrogen and oxygen atoms in total. The van der Waals surface area contributed by atoms with Gasteiger partial charge in [0.15, 0.2) is 0 Å². The van der Waals surface area contributed by atoms with E-state index in [0.717, 1.165) is 22.9 Å². The SMILES string of the molecule is O=C1CC2(CCOCC2)C(c2cccc(Br)c2)C(=O)N1. The summed E-state index contributed by atoms with van der Waals surface area (Å²) in [7, 11) is 0. The number of nitrogens with one attached hydrogen (secondary N) is 1. The number of carbonyl (C=O) groups excluding carboxylic acids is 2. The highest BCUT2D eigenvalue weighted by molar-refractivity contribution is 9.10. The number of ether oxygens (including phenoxy) is 1. The highest BCUT2D eigenvalue weighted by Gasteiger charge is 2.49. The summed E-state index contributed by atoms with van der Waals surface area (Å²) in [6, 6.07) is 7.79. The molecule has 2 heterocycles. The molecule has 1 spiro atoms. The van der Waals surface area contributed by atoms with Crippen LogP contribution in [0.4, 0.5) is 0 Å². The van der Waals surface area contributed by atoms with Crippen molar-refractivity contribution in [1.29, 1.82) is 0 Å². The van der Waals surface area contributed by atoms with Crippen molar-refractivity contribution in [3.8, 4) is 0 Å². The predicted octanol–water partition coefficient (Wildman–Crippen LogP) is 2.38. The number of hydrogen-bond donors (Lipinski definition) is 1. The van der Waals surface area contributed by atoms with Crippen molar-refractivity contribution < 1.29 is 14.3 Å². The molecule has 2 aliphatic rings. The van der Waals surface area contributed by atoms with Crippen LogP contribution in [0.15, 0.2) is 28.7 Å². The number of imide groups is 1. The molecule has 20 heavy (non-hydrogen) atoms. The molecular formula is C15H16BrNO3. The average Bonchev–Trinajstić information content (AvgIpc) is 2.38. The molecule has 2 amide bonds. The first-order chi connectivity index (χ1) is 9.61. The Morgan fingerprint density at radius 2 is 2.00 bits per heavy atom. The molecule has 2 fully saturated rings. The van der Waals surface area contributed by atoms with Crippen LogP contribution in [-0.4, -0.2) is 25.0 Å². The molecule has 0 aliphatic carbocycles. The van der Waals surface area contributed by atoms with Gasteiger partial charge in [0.2, 0.25) is 11.8 Å². The first-order valence-electron chi connectivity index (χ1n) is 6.78. The van der Waals surface area contributed by atoms with Gasteiger partial charge in [0, 0.05) is 24.1 Å². The van der Waals surface area contributed by atoms with Gasteiger partial charge in [-0.15, -0.1) is 0 Å². The molecule has 1 N–H and O–H groups in total. The summed E-state index contributed by atoms with van der Waals surface area (Å²) < 4.78 is 6.37. The lowest BCUT2D eigenvalue weighted by Gasteiger charge is -2.45. The van der Waals surface area contributed by atoms with Gasteiger partial charge in [0.25, 0.3) is 0 Å². The molecule has 2 aliphatic heterocycles. The Morgan fingerprint density at radius 3 is 2.70 bits per heavy atom. The fraction of sp³-hybridized carbons (Fsp3) is 0.467. The predicted molar refractivity (Wildman–Crippen MR) is 77.1 cm³/mol. The third-order valence-electron chi connectivity index (χ3n) is 4.32. The molecule has 1 aromatic rings. The van der Waals surface area contributed by atoms with Crippen molar-refractivity contribution in [3.05, 3.63) is 34.3 Å². The monoisotopic (exact) mass is 337 g/mol. The first kappa shape index (κ1) is 13.8. The van der Waals surface area contributed by atoms with E-state index in [-0.39, 0.29) is 23.1 Å². The second-order valence-electron chi connectivity index (χ2n) is 5.55. The van der Waals surface area contributed by atoms with Crippen LogP contribution in [0.2, 0.25) is 0 Å². The smallest absolute Gasteiger partial charge is 0.234 e. The summed E-state index contributed by atoms with van der Waals surface area (Å²) >= 11 is 3.45. The van der Waals surface area contributed by atoms with Crippen LogP contribution in [0.1, 0.15) is 30.7 Å². The Morgan fingerprint density at radius 1 is 1.25 bits per heavy atom. The van der Waals surface area contributed by atoms with Gasteiger partial charge in [-0.3, -0.25) is 14.9 Å². The molecule has 1 aromatic carbocycles. The quantitative estimate of drug-likeness (QED) is 0.800. The van der Waals surface area contributed by atoms with Crippen molar-refractivity contribution in [3.63, 3.8) is 0 Å². The van der Waals surface area contributed by atoms with Gasteiger partial charge >= 0.3 is 0 Å². The molecule has 1 atom stereocenters. The maximum atomic E-state index is 12.4. The number of hydrogen-bond acceptors (Lipinski definition) is 3. The average molecular weight is 338 g/mol. The Bertz CT molecular complexity index is 552. The van der Waals surface area contributed by atoms with Crippen LogP contribution in [0.5, 0.6) is 0 Å². The summed E-state index contributed by atoms with van der Waals surface area (Å²) in [5.74, 6) is -0.619. The molecule has 0 bridgehead atoms. The van der Waals surface area contributed by atoms with E-state index in [4.69, 9.17) is 4.74 Å². The summed E-state index contributed by atoms with van der Waals surface area (Å²) in [6.07, 6.45) is 1.91. The fourth-order valence-corrected chi connectivity index (χ4v) is 3.81. The minimum Gasteiger partial charge on any atom is -0.381 e. The van der Waals surface area contributed by atoms with Crippen molar-refractivity contribution in [2.45, 2.75) is 25.2 Å². The normalized spacial score (nSPS) is 25.6. The lowest BCUT2D eigenvalue weighted by atomic mass is 9.63. The molecular weight excluding hydrogens is 322 g/mol. The number of piperidine rings is 1. The van der Waals surface area contributed by atoms with E-state index in [0.29, 0.717) is 19.6 Å². The largest absolute Gasteiger partial charge is 0.381 e. The summed E-state index contributed by atoms with van der Waals surface area (Å²) in [4.78, 5) is 24.2. The molecule has 0 aromatic heterocycles. The van der Waals surface area contributed by atoms with Crippen LogP contribution in [0.25, 0.3) is 0 Å². The van der Waals surface area contributed by atoms with Crippen molar-refractivity contribution >= 4 is 27.7 Å². The van der Waals surface area contributed by atoms with E-state index >= 15 is 0 Å². The molecule has 0 saturated carbocycles. The van der Waals surface area contributed by atoms with E-state index < -0.39 is 0 Å². The Labute approximate surface area is 126 Å². The molecule has 2 saturated heterocycles. The van der Waals surface area contributed by atoms with Gasteiger partial charge in [-0.1, -0.05) is 28.1 Å². The van der Waals surface area contributed by atoms with Crippen LogP contribution < -0.4 is 5.32 Å². The van der Waals surface area contributed by atoms with Crippen molar-refractivity contribution in [1.82, 2.24) is 5.32 Å². The second-order valence-corrected chi connectivity index (χ2v) is 6.47. The van der Waals surface area contributed by atoms with E-state index in [1.807, 2.05) is 24.3 Å². The molecule has 1 unspecified atom stereocenters. The summed E-state index contributed by atoms with van der Waals surface area (Å²) in [6.45, 7) is 1.23. The van der Waals surface area contributed by atoms with Crippen LogP contribution in [0, 0.1) is 5.41 Å². The van der Waals surface area contributed by atoms with E-state index in [9.17, 15) is 9.59 Å². The van der Waals surface area contributed by atoms with E-state index in [1.54, 1.807) is 0 Å². The fourth-order valence-electron chi connectivity index (χ4n) is 3.39. The second kappa shape index (κ2) is 5.30. The third kappa shape index (κ3) is 2.40. The zero-order valence-corrected chi connectivity index (χ0v) is 12.6. The highest BCUT2D eigenvalue weighted by Crippen LogP contribution is 2.49. The molecule has 3 rings (SSSR count). The molecule has 5 heteroatoms. The van der Waals surface area contributed by atoms with Crippen LogP contribution in [-0.2, 0) is 14.3 Å². The number of halogens is 1. The number of rotatable bonds is 1. The first-order valence-corrected chi connectivity index (χ1v) is 7.57. The molecule has 106 valence electrons. The van der Waals surface area contributed by atoms with Crippen LogP contribution >= 0.6 is 15.9 Å². The maximum Gasteiger partial charge on any atom is 0.234 e. The Balaban J connectivity index is 2.03. The topological polar surface area (TPSA) is 55.4 Å². The lowest BCUT2D eigenvalue weighted by Crippen LogP contribution is -2.52. The van der Waals surface area contributed by atoms with Gasteiger partial charge in [0.05, 0.1) is 5.92 Å². The standard InChI is InChI=1S/C15H16BrNO3/c16-11-3-1-2-10(8-11)13-14(19)17-12(18)9-15(13)4-6-20-7-5-15/h1-3,8,13H,4-7,9H2,(H,17,18,19). The maximum absolute atomic E-state index is 12.4. The van der Waals surface area contributed by atoms with Gasteiger partial charge < -0.3 is 4.74 Å². The number of carbonyl (C=O) groups is 2. The number of benzene rings is 1.